The van der Waals surface area contributed by atoms with Crippen LogP contribution in [-0.2, 0) is 7.05 Å². The van der Waals surface area contributed by atoms with E-state index in [0.717, 1.165) is 11.4 Å². The van der Waals surface area contributed by atoms with Crippen LogP contribution in [0, 0.1) is 6.92 Å². The van der Waals surface area contributed by atoms with Crippen LogP contribution in [0.3, 0.4) is 0 Å². The van der Waals surface area contributed by atoms with Gasteiger partial charge in [-0.1, -0.05) is 6.07 Å². The summed E-state index contributed by atoms with van der Waals surface area (Å²) in [5.74, 6) is 0.475. The van der Waals surface area contributed by atoms with Gasteiger partial charge in [-0.15, -0.1) is 12.4 Å². The van der Waals surface area contributed by atoms with Crippen molar-refractivity contribution in [1.29, 1.82) is 0 Å². The van der Waals surface area contributed by atoms with E-state index in [1.807, 2.05) is 30.8 Å². The van der Waals surface area contributed by atoms with Crippen LogP contribution in [0.5, 0.6) is 0 Å². The van der Waals surface area contributed by atoms with Gasteiger partial charge in [0.1, 0.15) is 23.1 Å². The Morgan fingerprint density at radius 2 is 2.11 bits per heavy atom. The largest absolute Gasteiger partial charge is 0.336 e. The van der Waals surface area contributed by atoms with Gasteiger partial charge in [-0.2, -0.15) is 0 Å². The number of halogens is 1. The number of aromatic nitrogens is 4. The lowest BCUT2D eigenvalue weighted by Crippen LogP contribution is -2.50. The minimum Gasteiger partial charge on any atom is -0.336 e. The van der Waals surface area contributed by atoms with Gasteiger partial charge < -0.3 is 14.8 Å². The topological polar surface area (TPSA) is 84.5 Å². The Bertz CT molecular complexity index is 1040. The molecule has 8 nitrogen and oxygen atoms in total. The molecular weight excluding hydrogens is 368 g/mol. The molecule has 3 aromatic rings. The van der Waals surface area contributed by atoms with Crippen LogP contribution in [0.4, 0.5) is 0 Å². The molecule has 1 aliphatic heterocycles. The average Bonchev–Trinajstić information content (AvgIpc) is 3.08. The smallest absolute Gasteiger partial charge is 0.270 e. The van der Waals surface area contributed by atoms with Gasteiger partial charge in [0.2, 0.25) is 0 Å². The molecule has 0 aliphatic carbocycles. The molecule has 0 saturated carbocycles. The summed E-state index contributed by atoms with van der Waals surface area (Å²) in [6.45, 7) is 3.67. The zero-order chi connectivity index (χ0) is 18.3. The van der Waals surface area contributed by atoms with E-state index in [1.165, 1.54) is 10.6 Å². The number of carbonyl (C=O) groups excluding carboxylic acids is 1. The summed E-state index contributed by atoms with van der Waals surface area (Å²) in [6.07, 6.45) is 6.64. The molecule has 0 spiro atoms. The zero-order valence-electron chi connectivity index (χ0n) is 15.1. The van der Waals surface area contributed by atoms with E-state index in [0.29, 0.717) is 25.3 Å². The van der Waals surface area contributed by atoms with Crippen molar-refractivity contribution in [2.24, 2.45) is 7.05 Å². The summed E-state index contributed by atoms with van der Waals surface area (Å²) in [7, 11) is 1.90. The van der Waals surface area contributed by atoms with Crippen LogP contribution in [0.1, 0.15) is 27.8 Å². The van der Waals surface area contributed by atoms with Gasteiger partial charge in [-0.05, 0) is 18.6 Å². The van der Waals surface area contributed by atoms with E-state index in [9.17, 15) is 9.59 Å². The van der Waals surface area contributed by atoms with Crippen LogP contribution in [-0.4, -0.2) is 49.4 Å². The second kappa shape index (κ2) is 7.50. The van der Waals surface area contributed by atoms with E-state index >= 15 is 0 Å². The van der Waals surface area contributed by atoms with E-state index in [1.54, 1.807) is 23.4 Å². The van der Waals surface area contributed by atoms with Gasteiger partial charge in [-0.25, -0.2) is 9.97 Å². The Morgan fingerprint density at radius 3 is 2.85 bits per heavy atom. The molecule has 1 fully saturated rings. The van der Waals surface area contributed by atoms with E-state index < -0.39 is 0 Å². The highest BCUT2D eigenvalue weighted by atomic mass is 35.5. The van der Waals surface area contributed by atoms with Crippen LogP contribution >= 0.6 is 12.4 Å². The maximum atomic E-state index is 13.2. The van der Waals surface area contributed by atoms with Gasteiger partial charge in [0.05, 0.1) is 0 Å². The van der Waals surface area contributed by atoms with Crippen molar-refractivity contribution in [3.8, 4) is 0 Å². The van der Waals surface area contributed by atoms with Crippen molar-refractivity contribution in [1.82, 2.24) is 29.2 Å². The molecular formula is C18H21ClN6O2. The number of nitrogens with zero attached hydrogens (tertiary/aromatic N) is 5. The highest BCUT2D eigenvalue weighted by molar-refractivity contribution is 5.94. The summed E-state index contributed by atoms with van der Waals surface area (Å²) in [4.78, 5) is 36.4. The maximum Gasteiger partial charge on any atom is 0.270 e. The highest BCUT2D eigenvalue weighted by Gasteiger charge is 2.32. The van der Waals surface area contributed by atoms with E-state index in [2.05, 4.69) is 15.3 Å². The fraction of sp³-hybridized carbons (Fsp3) is 0.333. The number of carbonyl (C=O) groups is 1. The normalized spacial score (nSPS) is 17.0. The predicted molar refractivity (Wildman–Crippen MR) is 103 cm³/mol. The Labute approximate surface area is 162 Å². The first-order valence-corrected chi connectivity index (χ1v) is 8.53. The number of hydrogen-bond acceptors (Lipinski definition) is 5. The summed E-state index contributed by atoms with van der Waals surface area (Å²) < 4.78 is 3.33. The summed E-state index contributed by atoms with van der Waals surface area (Å²) in [6, 6.07) is 3.43. The molecule has 1 atom stereocenters. The van der Waals surface area contributed by atoms with Crippen molar-refractivity contribution in [3.05, 3.63) is 64.2 Å². The molecule has 142 valence electrons. The predicted octanol–water partition coefficient (Wildman–Crippen LogP) is 0.945. The van der Waals surface area contributed by atoms with Gasteiger partial charge in [-0.3, -0.25) is 14.0 Å². The molecule has 9 heteroatoms. The molecule has 1 saturated heterocycles. The zero-order valence-corrected chi connectivity index (χ0v) is 15.9. The summed E-state index contributed by atoms with van der Waals surface area (Å²) in [5, 5.41) is 3.29. The molecule has 1 aliphatic rings. The van der Waals surface area contributed by atoms with Crippen molar-refractivity contribution < 1.29 is 4.79 Å². The van der Waals surface area contributed by atoms with Gasteiger partial charge >= 0.3 is 0 Å². The monoisotopic (exact) mass is 388 g/mol. The number of nitrogens with one attached hydrogen (secondary N) is 1. The second-order valence-electron chi connectivity index (χ2n) is 6.53. The highest BCUT2D eigenvalue weighted by Crippen LogP contribution is 2.22. The molecule has 0 aromatic carbocycles. The SMILES string of the molecule is Cc1ccc2ncc(C(=O)N3CCNCC3c3nccn3C)c(=O)n2c1.Cl. The average molecular weight is 389 g/mol. The minimum absolute atomic E-state index is 0. The van der Waals surface area contributed by atoms with Crippen molar-refractivity contribution in [2.45, 2.75) is 13.0 Å². The van der Waals surface area contributed by atoms with Crippen LogP contribution < -0.4 is 10.9 Å². The Kier molecular flexibility index (Phi) is 5.29. The summed E-state index contributed by atoms with van der Waals surface area (Å²) in [5.41, 5.74) is 1.19. The first kappa shape index (κ1) is 19.1. The Balaban J connectivity index is 0.00000210. The maximum absolute atomic E-state index is 13.2. The molecule has 1 amide bonds. The van der Waals surface area contributed by atoms with Crippen molar-refractivity contribution in [2.75, 3.05) is 19.6 Å². The lowest BCUT2D eigenvalue weighted by atomic mass is 10.1. The van der Waals surface area contributed by atoms with Gasteiger partial charge in [0, 0.05) is 51.5 Å². The van der Waals surface area contributed by atoms with Crippen LogP contribution in [0.25, 0.3) is 5.65 Å². The second-order valence-corrected chi connectivity index (χ2v) is 6.53. The molecule has 1 unspecified atom stereocenters. The number of piperazine rings is 1. The number of rotatable bonds is 2. The van der Waals surface area contributed by atoms with Gasteiger partial charge in [0.25, 0.3) is 11.5 Å². The number of hydrogen-bond donors (Lipinski definition) is 1. The van der Waals surface area contributed by atoms with Gasteiger partial charge in [0.15, 0.2) is 0 Å². The van der Waals surface area contributed by atoms with Crippen LogP contribution in [0.2, 0.25) is 0 Å². The fourth-order valence-electron chi connectivity index (χ4n) is 3.36. The van der Waals surface area contributed by atoms with Crippen molar-refractivity contribution in [3.63, 3.8) is 0 Å². The third-order valence-corrected chi connectivity index (χ3v) is 4.74. The fourth-order valence-corrected chi connectivity index (χ4v) is 3.36. The number of aryl methyl sites for hydroxylation is 2. The number of pyridine rings is 1. The first-order valence-electron chi connectivity index (χ1n) is 8.53. The Hall–Kier alpha value is -2.71. The standard InChI is InChI=1S/C18H20N6O2.ClH/c1-12-3-4-15-21-9-13(18(26)24(15)11-12)17(25)23-8-5-19-10-14(23)16-20-6-7-22(16)2;/h3-4,6-7,9,11,14,19H,5,8,10H2,1-2H3;1H. The molecule has 0 radical (unpaired) electrons. The van der Waals surface area contributed by atoms with E-state index in [4.69, 9.17) is 0 Å². The van der Waals surface area contributed by atoms with Crippen LogP contribution in [0.15, 0.2) is 41.7 Å². The lowest BCUT2D eigenvalue weighted by molar-refractivity contribution is 0.0618. The quantitative estimate of drug-likeness (QED) is 0.706. The van der Waals surface area contributed by atoms with Crippen molar-refractivity contribution >= 4 is 24.0 Å². The Morgan fingerprint density at radius 1 is 1.30 bits per heavy atom. The van der Waals surface area contributed by atoms with E-state index in [-0.39, 0.29) is 35.5 Å². The number of fused-ring (bicyclic) bond motifs is 1. The molecule has 1 N–H and O–H groups in total. The number of amides is 1. The molecule has 27 heavy (non-hydrogen) atoms. The summed E-state index contributed by atoms with van der Waals surface area (Å²) >= 11 is 0. The lowest BCUT2D eigenvalue weighted by Gasteiger charge is -2.35. The molecule has 0 bridgehead atoms. The molecule has 4 rings (SSSR count). The molecule has 3 aromatic heterocycles. The first-order chi connectivity index (χ1) is 12.6. The third-order valence-electron chi connectivity index (χ3n) is 4.74. The third kappa shape index (κ3) is 3.33. The number of imidazole rings is 1. The molecule has 4 heterocycles. The minimum atomic E-state index is -0.346.